The molecule has 2 unspecified atom stereocenters. The monoisotopic (exact) mass is 218 g/mol. The fourth-order valence-electron chi connectivity index (χ4n) is 2.82. The number of allylic oxidation sites excluding steroid dienone is 3. The van der Waals surface area contributed by atoms with Crippen LogP contribution >= 0.6 is 0 Å². The Hall–Kier alpha value is -1.18. The van der Waals surface area contributed by atoms with Crippen LogP contribution in [-0.4, -0.2) is 11.6 Å². The van der Waals surface area contributed by atoms with Crippen LogP contribution in [0, 0.1) is 17.3 Å². The van der Waals surface area contributed by atoms with Crippen LogP contribution in [0.2, 0.25) is 0 Å². The molecule has 0 spiro atoms. The van der Waals surface area contributed by atoms with Crippen molar-refractivity contribution in [2.24, 2.45) is 17.3 Å². The first-order valence-corrected chi connectivity index (χ1v) is 5.84. The molecule has 0 N–H and O–H groups in total. The van der Waals surface area contributed by atoms with Gasteiger partial charge in [0.2, 0.25) is 0 Å². The Bertz CT molecular complexity index is 392. The molecule has 2 aliphatic rings. The van der Waals surface area contributed by atoms with E-state index >= 15 is 0 Å². The fraction of sp³-hybridized carbons (Fsp3) is 0.571. The molecule has 1 saturated carbocycles. The molecule has 86 valence electrons. The molecule has 1 fully saturated rings. The van der Waals surface area contributed by atoms with E-state index in [9.17, 15) is 9.59 Å². The van der Waals surface area contributed by atoms with Crippen LogP contribution in [0.15, 0.2) is 24.3 Å². The summed E-state index contributed by atoms with van der Waals surface area (Å²) >= 11 is 0. The van der Waals surface area contributed by atoms with Crippen LogP contribution in [0.25, 0.3) is 0 Å². The fourth-order valence-corrected chi connectivity index (χ4v) is 2.82. The highest BCUT2D eigenvalue weighted by Gasteiger charge is 2.46. The molecule has 3 atom stereocenters. The van der Waals surface area contributed by atoms with Crippen LogP contribution in [0.1, 0.15) is 33.1 Å². The molecule has 0 bridgehead atoms. The van der Waals surface area contributed by atoms with Crippen molar-refractivity contribution >= 4 is 11.6 Å². The van der Waals surface area contributed by atoms with E-state index in [1.54, 1.807) is 6.08 Å². The van der Waals surface area contributed by atoms with E-state index < -0.39 is 5.41 Å². The minimum absolute atomic E-state index is 0.151. The summed E-state index contributed by atoms with van der Waals surface area (Å²) in [6.45, 7) is 7.88. The van der Waals surface area contributed by atoms with E-state index in [0.29, 0.717) is 12.8 Å². The molecule has 2 heteroatoms. The number of carbonyl (C=O) groups is 2. The van der Waals surface area contributed by atoms with Gasteiger partial charge in [-0.25, -0.2) is 0 Å². The second-order valence-corrected chi connectivity index (χ2v) is 5.39. The molecule has 2 aliphatic carbocycles. The number of hydrogen-bond acceptors (Lipinski definition) is 2. The van der Waals surface area contributed by atoms with Gasteiger partial charge in [0.05, 0.1) is 0 Å². The largest absolute Gasteiger partial charge is 0.299 e. The third-order valence-electron chi connectivity index (χ3n) is 4.21. The van der Waals surface area contributed by atoms with Gasteiger partial charge in [-0.2, -0.15) is 0 Å². The predicted molar refractivity (Wildman–Crippen MR) is 62.9 cm³/mol. The quantitative estimate of drug-likeness (QED) is 0.634. The highest BCUT2D eigenvalue weighted by molar-refractivity contribution is 5.96. The Morgan fingerprint density at radius 1 is 1.44 bits per heavy atom. The summed E-state index contributed by atoms with van der Waals surface area (Å²) in [5.41, 5.74) is 0.664. The Kier molecular flexibility index (Phi) is 2.61. The molecule has 0 aromatic rings. The lowest BCUT2D eigenvalue weighted by Crippen LogP contribution is -2.44. The third-order valence-corrected chi connectivity index (χ3v) is 4.21. The van der Waals surface area contributed by atoms with E-state index in [0.717, 1.165) is 12.0 Å². The average Bonchev–Trinajstić information content (AvgIpc) is 2.21. The third kappa shape index (κ3) is 1.66. The minimum atomic E-state index is -0.403. The van der Waals surface area contributed by atoms with Gasteiger partial charge in [-0.1, -0.05) is 18.2 Å². The topological polar surface area (TPSA) is 34.1 Å². The van der Waals surface area contributed by atoms with E-state index in [4.69, 9.17) is 0 Å². The summed E-state index contributed by atoms with van der Waals surface area (Å²) in [6, 6.07) is 0. The number of carbonyl (C=O) groups excluding carboxylic acids is 2. The number of Topliss-reactive ketones (excluding diaryl/α,β-unsaturated/α-hetero) is 1. The molecule has 2 nitrogen and oxygen atoms in total. The van der Waals surface area contributed by atoms with Gasteiger partial charge in [-0.15, -0.1) is 0 Å². The van der Waals surface area contributed by atoms with Gasteiger partial charge < -0.3 is 0 Å². The molecule has 0 radical (unpaired) electrons. The van der Waals surface area contributed by atoms with Crippen molar-refractivity contribution < 1.29 is 9.59 Å². The summed E-state index contributed by atoms with van der Waals surface area (Å²) in [7, 11) is 0. The second-order valence-electron chi connectivity index (χ2n) is 5.39. The second kappa shape index (κ2) is 3.69. The van der Waals surface area contributed by atoms with E-state index in [-0.39, 0.29) is 23.4 Å². The zero-order valence-corrected chi connectivity index (χ0v) is 9.95. The van der Waals surface area contributed by atoms with Crippen molar-refractivity contribution in [3.05, 3.63) is 24.3 Å². The molecule has 0 aliphatic heterocycles. The van der Waals surface area contributed by atoms with Crippen molar-refractivity contribution in [3.63, 3.8) is 0 Å². The molecular weight excluding hydrogens is 200 g/mol. The Morgan fingerprint density at radius 2 is 2.12 bits per heavy atom. The van der Waals surface area contributed by atoms with Gasteiger partial charge in [0.25, 0.3) is 0 Å². The first-order valence-electron chi connectivity index (χ1n) is 5.84. The van der Waals surface area contributed by atoms with E-state index in [1.165, 1.54) is 0 Å². The van der Waals surface area contributed by atoms with Gasteiger partial charge in [-0.3, -0.25) is 9.59 Å². The van der Waals surface area contributed by atoms with Crippen LogP contribution in [0.5, 0.6) is 0 Å². The van der Waals surface area contributed by atoms with Crippen LogP contribution in [0.4, 0.5) is 0 Å². The van der Waals surface area contributed by atoms with Crippen LogP contribution < -0.4 is 0 Å². The molecule has 0 aromatic carbocycles. The number of hydrogen-bond donors (Lipinski definition) is 0. The van der Waals surface area contributed by atoms with Crippen molar-refractivity contribution in [1.29, 1.82) is 0 Å². The Morgan fingerprint density at radius 3 is 2.75 bits per heavy atom. The van der Waals surface area contributed by atoms with Gasteiger partial charge in [-0.05, 0) is 38.2 Å². The summed E-state index contributed by atoms with van der Waals surface area (Å²) in [6.07, 6.45) is 5.42. The molecule has 0 heterocycles. The first-order chi connectivity index (χ1) is 7.43. The lowest BCUT2D eigenvalue weighted by molar-refractivity contribution is -0.134. The highest BCUT2D eigenvalue weighted by Crippen LogP contribution is 2.47. The van der Waals surface area contributed by atoms with Crippen LogP contribution in [0.3, 0.4) is 0 Å². The standard InChI is InChI=1S/C14H18O2/c1-9(2)10-6-11-8-12(15)4-5-14(11,3)13(16)7-10/h4-5,10-11H,1,6-8H2,2-3H3/t10-,11?,14?/m0/s1. The van der Waals surface area contributed by atoms with Crippen molar-refractivity contribution in [3.8, 4) is 0 Å². The molecule has 0 aromatic heterocycles. The Balaban J connectivity index is 2.30. The summed E-state index contributed by atoms with van der Waals surface area (Å²) in [4.78, 5) is 23.6. The lowest BCUT2D eigenvalue weighted by Gasteiger charge is -2.43. The van der Waals surface area contributed by atoms with Crippen molar-refractivity contribution in [2.75, 3.05) is 0 Å². The summed E-state index contributed by atoms with van der Waals surface area (Å²) < 4.78 is 0. The van der Waals surface area contributed by atoms with Gasteiger partial charge in [0, 0.05) is 18.3 Å². The SMILES string of the molecule is C=C(C)[C@@H]1CC(=O)C2(C)C=CC(=O)CC2C1. The molecule has 0 saturated heterocycles. The summed E-state index contributed by atoms with van der Waals surface area (Å²) in [5, 5.41) is 0. The first kappa shape index (κ1) is 11.3. The van der Waals surface area contributed by atoms with E-state index in [2.05, 4.69) is 6.58 Å². The van der Waals surface area contributed by atoms with Crippen molar-refractivity contribution in [1.82, 2.24) is 0 Å². The summed E-state index contributed by atoms with van der Waals surface area (Å²) in [5.74, 6) is 0.857. The zero-order chi connectivity index (χ0) is 11.9. The minimum Gasteiger partial charge on any atom is -0.299 e. The lowest BCUT2D eigenvalue weighted by atomic mass is 9.59. The molecule has 16 heavy (non-hydrogen) atoms. The Labute approximate surface area is 96.4 Å². The number of ketones is 2. The maximum Gasteiger partial charge on any atom is 0.155 e. The molecular formula is C14H18O2. The zero-order valence-electron chi connectivity index (χ0n) is 9.95. The van der Waals surface area contributed by atoms with Gasteiger partial charge >= 0.3 is 0 Å². The average molecular weight is 218 g/mol. The molecule has 2 rings (SSSR count). The van der Waals surface area contributed by atoms with E-state index in [1.807, 2.05) is 19.9 Å². The maximum atomic E-state index is 12.2. The highest BCUT2D eigenvalue weighted by atomic mass is 16.1. The predicted octanol–water partition coefficient (Wildman–Crippen LogP) is 2.69. The number of rotatable bonds is 1. The van der Waals surface area contributed by atoms with Gasteiger partial charge in [0.1, 0.15) is 5.78 Å². The normalized spacial score (nSPS) is 38.4. The van der Waals surface area contributed by atoms with Crippen molar-refractivity contribution in [2.45, 2.75) is 33.1 Å². The van der Waals surface area contributed by atoms with Crippen LogP contribution in [-0.2, 0) is 9.59 Å². The maximum absolute atomic E-state index is 12.2. The van der Waals surface area contributed by atoms with Gasteiger partial charge in [0.15, 0.2) is 5.78 Å². The molecule has 0 amide bonds. The smallest absolute Gasteiger partial charge is 0.155 e. The number of fused-ring (bicyclic) bond motifs is 1.